The first-order chi connectivity index (χ1) is 24.0. The number of halogens is 1. The maximum atomic E-state index is 14.7. The van der Waals surface area contributed by atoms with Crippen molar-refractivity contribution >= 4 is 27.7 Å². The van der Waals surface area contributed by atoms with Crippen LogP contribution in [0.4, 0.5) is 4.39 Å². The highest BCUT2D eigenvalue weighted by Gasteiger charge is 2.55. The lowest BCUT2D eigenvalue weighted by atomic mass is 9.70. The number of rotatable bonds is 4. The van der Waals surface area contributed by atoms with E-state index in [1.54, 1.807) is 12.1 Å². The van der Waals surface area contributed by atoms with Crippen molar-refractivity contribution in [1.29, 1.82) is 0 Å². The van der Waals surface area contributed by atoms with Crippen molar-refractivity contribution in [1.82, 2.24) is 18.9 Å². The van der Waals surface area contributed by atoms with E-state index >= 15 is 0 Å². The van der Waals surface area contributed by atoms with Crippen molar-refractivity contribution in [2.45, 2.75) is 76.5 Å². The lowest BCUT2D eigenvalue weighted by Crippen LogP contribution is -2.41. The lowest BCUT2D eigenvalue weighted by Gasteiger charge is -2.37. The summed E-state index contributed by atoms with van der Waals surface area (Å²) in [6, 6.07) is 29.5. The monoisotopic (exact) mass is 662 g/mol. The van der Waals surface area contributed by atoms with Crippen LogP contribution in [0.5, 0.6) is 0 Å². The lowest BCUT2D eigenvalue weighted by molar-refractivity contribution is 0.0821. The predicted molar refractivity (Wildman–Crippen MR) is 197 cm³/mol. The first-order valence-electron chi connectivity index (χ1n) is 18.1. The summed E-state index contributed by atoms with van der Waals surface area (Å²) in [6.45, 7) is 13.2. The van der Waals surface area contributed by atoms with Gasteiger partial charge in [0.2, 0.25) is 5.91 Å². The molecule has 0 bridgehead atoms. The van der Waals surface area contributed by atoms with Crippen molar-refractivity contribution in [2.75, 3.05) is 20.1 Å². The highest BCUT2D eigenvalue weighted by atomic mass is 19.1. The Bertz CT molecular complexity index is 2420. The molecule has 0 saturated carbocycles. The summed E-state index contributed by atoms with van der Waals surface area (Å²) in [4.78, 5) is 19.7. The maximum absolute atomic E-state index is 14.7. The van der Waals surface area contributed by atoms with Gasteiger partial charge in [-0.05, 0) is 105 Å². The fraction of sp³-hybridized carbons (Fsp3) is 0.341. The third kappa shape index (κ3) is 3.98. The van der Waals surface area contributed by atoms with E-state index in [1.807, 2.05) is 12.1 Å². The molecule has 10 rings (SSSR count). The normalized spacial score (nSPS) is 25.9. The maximum Gasteiger partial charge on any atom is 0.242 e. The molecule has 4 aliphatic heterocycles. The van der Waals surface area contributed by atoms with Crippen LogP contribution in [-0.2, 0) is 30.6 Å². The molecule has 0 spiro atoms. The van der Waals surface area contributed by atoms with E-state index in [9.17, 15) is 9.18 Å². The standard InChI is InChI=1S/C44H43FN4O/c1-26-9-15-38-33(17-26)35-23-46(5)25-37-41(35)48(38)42(50)44(37,4)31-8-6-7-28(19-31)21-47-22-29-20-43(3,30-11-13-32(45)14-12-30)49-39-16-10-27(2)18-34(39)36(24-47)40(29)49/h6-19,29,37H,20-25H2,1-5H3. The number of aryl methyl sites for hydroxylation is 2. The average Bonchev–Trinajstić information content (AvgIpc) is 3.77. The first-order valence-corrected chi connectivity index (χ1v) is 18.1. The van der Waals surface area contributed by atoms with Crippen LogP contribution in [0.25, 0.3) is 21.8 Å². The van der Waals surface area contributed by atoms with Gasteiger partial charge in [0, 0.05) is 72.2 Å². The van der Waals surface area contributed by atoms with Gasteiger partial charge in [0.1, 0.15) is 5.82 Å². The van der Waals surface area contributed by atoms with Crippen LogP contribution in [0.1, 0.15) is 87.2 Å². The molecule has 4 aromatic carbocycles. The quantitative estimate of drug-likeness (QED) is 0.189. The summed E-state index contributed by atoms with van der Waals surface area (Å²) in [5.74, 6) is 0.473. The fourth-order valence-electron chi connectivity index (χ4n) is 10.6. The summed E-state index contributed by atoms with van der Waals surface area (Å²) < 4.78 is 18.7. The number of likely N-dealkylation sites (N-methyl/N-ethyl adjacent to an activating group) is 1. The first kappa shape index (κ1) is 30.3. The average molecular weight is 663 g/mol. The minimum absolute atomic E-state index is 0.0984. The molecule has 252 valence electrons. The minimum atomic E-state index is -0.643. The Morgan fingerprint density at radius 3 is 2.24 bits per heavy atom. The molecule has 0 radical (unpaired) electrons. The molecule has 0 N–H and O–H groups in total. The zero-order valence-corrected chi connectivity index (χ0v) is 29.6. The summed E-state index contributed by atoms with van der Waals surface area (Å²) >= 11 is 0. The fourth-order valence-corrected chi connectivity index (χ4v) is 10.6. The molecule has 50 heavy (non-hydrogen) atoms. The number of hydrogen-bond donors (Lipinski definition) is 0. The minimum Gasteiger partial charge on any atom is -0.334 e. The molecule has 6 aromatic rings. The van der Waals surface area contributed by atoms with Crippen LogP contribution in [0, 0.1) is 19.7 Å². The van der Waals surface area contributed by atoms with Crippen LogP contribution >= 0.6 is 0 Å². The van der Waals surface area contributed by atoms with Crippen LogP contribution in [0.2, 0.25) is 0 Å². The van der Waals surface area contributed by atoms with Gasteiger partial charge in [-0.15, -0.1) is 0 Å². The van der Waals surface area contributed by atoms with E-state index in [2.05, 4.69) is 114 Å². The van der Waals surface area contributed by atoms with E-state index in [1.165, 1.54) is 55.5 Å². The van der Waals surface area contributed by atoms with E-state index in [-0.39, 0.29) is 23.2 Å². The predicted octanol–water partition coefficient (Wildman–Crippen LogP) is 8.76. The van der Waals surface area contributed by atoms with Crippen molar-refractivity contribution in [3.05, 3.63) is 141 Å². The van der Waals surface area contributed by atoms with Gasteiger partial charge < -0.3 is 9.47 Å². The van der Waals surface area contributed by atoms with Crippen LogP contribution in [0.15, 0.2) is 84.9 Å². The Balaban J connectivity index is 1.01. The Kier molecular flexibility index (Phi) is 6.23. The third-order valence-electron chi connectivity index (χ3n) is 12.9. The van der Waals surface area contributed by atoms with Gasteiger partial charge in [0.25, 0.3) is 0 Å². The van der Waals surface area contributed by atoms with Gasteiger partial charge in [-0.1, -0.05) is 59.7 Å². The van der Waals surface area contributed by atoms with Crippen LogP contribution in [0.3, 0.4) is 0 Å². The number of hydrogen-bond acceptors (Lipinski definition) is 3. The third-order valence-corrected chi connectivity index (χ3v) is 12.9. The Labute approximate surface area is 292 Å². The van der Waals surface area contributed by atoms with Crippen molar-refractivity contribution < 1.29 is 9.18 Å². The highest BCUT2D eigenvalue weighted by Crippen LogP contribution is 2.54. The van der Waals surface area contributed by atoms with E-state index in [0.717, 1.165) is 55.8 Å². The second-order valence-corrected chi connectivity index (χ2v) is 16.2. The molecule has 6 heterocycles. The molecule has 5 nitrogen and oxygen atoms in total. The van der Waals surface area contributed by atoms with Gasteiger partial charge in [-0.2, -0.15) is 0 Å². The van der Waals surface area contributed by atoms with Gasteiger partial charge in [-0.3, -0.25) is 14.3 Å². The molecule has 0 fully saturated rings. The molecule has 2 aromatic heterocycles. The Morgan fingerprint density at radius 1 is 0.780 bits per heavy atom. The summed E-state index contributed by atoms with van der Waals surface area (Å²) in [7, 11) is 2.19. The zero-order chi connectivity index (χ0) is 34.3. The molecule has 4 aliphatic rings. The van der Waals surface area contributed by atoms with Crippen molar-refractivity contribution in [2.24, 2.45) is 0 Å². The van der Waals surface area contributed by atoms with Crippen LogP contribution < -0.4 is 0 Å². The van der Waals surface area contributed by atoms with E-state index in [4.69, 9.17) is 0 Å². The summed E-state index contributed by atoms with van der Waals surface area (Å²) in [5.41, 5.74) is 12.9. The van der Waals surface area contributed by atoms with Gasteiger partial charge in [0.05, 0.1) is 16.5 Å². The number of aromatic nitrogens is 2. The molecule has 4 atom stereocenters. The number of carbonyl (C=O) groups excluding carboxylic acids is 1. The van der Waals surface area contributed by atoms with Crippen molar-refractivity contribution in [3.8, 4) is 0 Å². The topological polar surface area (TPSA) is 33.4 Å². The molecule has 6 heteroatoms. The smallest absolute Gasteiger partial charge is 0.242 e. The second-order valence-electron chi connectivity index (χ2n) is 16.2. The second kappa shape index (κ2) is 10.3. The zero-order valence-electron chi connectivity index (χ0n) is 29.6. The molecule has 0 aliphatic carbocycles. The molecular weight excluding hydrogens is 620 g/mol. The van der Waals surface area contributed by atoms with Gasteiger partial charge in [0.15, 0.2) is 0 Å². The number of benzene rings is 4. The van der Waals surface area contributed by atoms with Gasteiger partial charge in [-0.25, -0.2) is 4.39 Å². The van der Waals surface area contributed by atoms with E-state index in [0.29, 0.717) is 5.92 Å². The molecule has 0 saturated heterocycles. The van der Waals surface area contributed by atoms with E-state index < -0.39 is 5.41 Å². The van der Waals surface area contributed by atoms with Crippen LogP contribution in [-0.4, -0.2) is 45.0 Å². The Hall–Kier alpha value is -4.52. The summed E-state index contributed by atoms with van der Waals surface area (Å²) in [5, 5.41) is 2.56. The number of nitrogens with zero attached hydrogens (tertiary/aromatic N) is 4. The number of carbonyl (C=O) groups is 1. The molecule has 0 amide bonds. The SMILES string of the molecule is Cc1ccc2c(c1)c1c3n2C(=O)C(C)(c2cccc(CN4Cc5c6n(c7ccc(C)cc57)C(C)(c5ccc(F)cc5)CC6C4)c2)C3CN(C)C1. The number of fused-ring (bicyclic) bond motifs is 6. The van der Waals surface area contributed by atoms with Crippen molar-refractivity contribution in [3.63, 3.8) is 0 Å². The highest BCUT2D eigenvalue weighted by molar-refractivity contribution is 6.05. The Morgan fingerprint density at radius 2 is 1.48 bits per heavy atom. The summed E-state index contributed by atoms with van der Waals surface area (Å²) in [6.07, 6.45) is 0.984. The molecular formula is C44H43FN4O. The van der Waals surface area contributed by atoms with Gasteiger partial charge >= 0.3 is 0 Å². The largest absolute Gasteiger partial charge is 0.334 e. The molecule has 4 unspecified atom stereocenters.